The molecule has 242 valence electrons. The molecule has 2 aromatic rings. The molecule has 0 aromatic heterocycles. The zero-order chi connectivity index (χ0) is 32.5. The van der Waals surface area contributed by atoms with Gasteiger partial charge >= 0.3 is 0 Å². The van der Waals surface area contributed by atoms with Gasteiger partial charge in [-0.2, -0.15) is 0 Å². The largest absolute Gasteiger partial charge is 0.504 e. The molecule has 4 fully saturated rings. The summed E-state index contributed by atoms with van der Waals surface area (Å²) in [6.45, 7) is 2.35. The normalized spacial score (nSPS) is 33.2. The Bertz CT molecular complexity index is 1650. The maximum absolute atomic E-state index is 14.4. The summed E-state index contributed by atoms with van der Waals surface area (Å²) in [7, 11) is 1.41. The molecule has 7 rings (SSSR count). The molecule has 0 spiro atoms. The Morgan fingerprint density at radius 2 is 1.70 bits per heavy atom. The summed E-state index contributed by atoms with van der Waals surface area (Å²) >= 11 is 17.9. The van der Waals surface area contributed by atoms with E-state index in [-0.39, 0.29) is 41.2 Å². The maximum Gasteiger partial charge on any atom is 0.254 e. The molecule has 5 aliphatic rings. The number of rotatable bonds is 6. The summed E-state index contributed by atoms with van der Waals surface area (Å²) in [6.07, 6.45) is 3.53. The molecule has 2 aromatic carbocycles. The van der Waals surface area contributed by atoms with Crippen molar-refractivity contribution in [1.29, 1.82) is 0 Å². The van der Waals surface area contributed by atoms with Crippen LogP contribution in [0.15, 0.2) is 60.2 Å². The first-order valence-electron chi connectivity index (χ1n) is 15.5. The summed E-state index contributed by atoms with van der Waals surface area (Å²) in [5.74, 6) is -4.46. The topological polar surface area (TPSA) is 107 Å². The van der Waals surface area contributed by atoms with Gasteiger partial charge < -0.3 is 9.84 Å². The Kier molecular flexibility index (Phi) is 8.02. The van der Waals surface area contributed by atoms with Crippen molar-refractivity contribution in [2.24, 2.45) is 17.8 Å². The number of fused-ring (bicyclic) bond motifs is 4. The number of allylic oxidation sites excluding steroid dienone is 2. The molecule has 0 bridgehead atoms. The third-order valence-electron chi connectivity index (χ3n) is 10.8. The number of amides is 4. The lowest BCUT2D eigenvalue weighted by Gasteiger charge is -2.50. The Morgan fingerprint density at radius 3 is 2.37 bits per heavy atom. The molecule has 1 saturated carbocycles. The number of nitrogens with zero attached hydrogens (tertiary/aromatic N) is 3. The van der Waals surface area contributed by atoms with E-state index in [0.717, 1.165) is 24.5 Å². The molecular formula is C34H34BrCl2N3O6. The average molecular weight is 731 g/mol. The van der Waals surface area contributed by atoms with Crippen LogP contribution in [0.2, 0.25) is 0 Å². The number of likely N-dealkylation sites (tertiary alicyclic amines) is 3. The van der Waals surface area contributed by atoms with Crippen LogP contribution in [0.3, 0.4) is 0 Å². The fourth-order valence-corrected chi connectivity index (χ4v) is 9.99. The number of methoxy groups -OCH3 is 1. The molecule has 1 N–H and O–H groups in total. The van der Waals surface area contributed by atoms with Gasteiger partial charge in [-0.3, -0.25) is 33.9 Å². The predicted octanol–water partition coefficient (Wildman–Crippen LogP) is 4.78. The second kappa shape index (κ2) is 11.6. The molecule has 4 amide bonds. The lowest BCUT2D eigenvalue weighted by atomic mass is 9.56. The number of carbonyl (C=O) groups is 4. The van der Waals surface area contributed by atoms with E-state index < -0.39 is 45.2 Å². The van der Waals surface area contributed by atoms with E-state index in [1.54, 1.807) is 12.1 Å². The van der Waals surface area contributed by atoms with Crippen molar-refractivity contribution in [1.82, 2.24) is 14.7 Å². The Balaban J connectivity index is 1.22. The van der Waals surface area contributed by atoms with Crippen LogP contribution in [0.4, 0.5) is 0 Å². The minimum atomic E-state index is -1.91. The summed E-state index contributed by atoms with van der Waals surface area (Å²) in [5.41, 5.74) is 2.35. The minimum Gasteiger partial charge on any atom is -0.504 e. The highest BCUT2D eigenvalue weighted by Gasteiger charge is 2.76. The van der Waals surface area contributed by atoms with Crippen molar-refractivity contribution in [3.05, 3.63) is 71.3 Å². The lowest BCUT2D eigenvalue weighted by Crippen LogP contribution is -2.60. The number of alkyl halides is 3. The smallest absolute Gasteiger partial charge is 0.254 e. The van der Waals surface area contributed by atoms with E-state index in [0.29, 0.717) is 30.4 Å². The number of aromatic hydroxyl groups is 1. The van der Waals surface area contributed by atoms with Crippen LogP contribution >= 0.6 is 39.1 Å². The minimum absolute atomic E-state index is 0.0623. The van der Waals surface area contributed by atoms with Crippen molar-refractivity contribution in [2.45, 2.75) is 53.9 Å². The molecule has 3 aliphatic heterocycles. The third kappa shape index (κ3) is 4.50. The van der Waals surface area contributed by atoms with E-state index in [4.69, 9.17) is 27.9 Å². The average Bonchev–Trinajstić information content (AvgIpc) is 3.39. The summed E-state index contributed by atoms with van der Waals surface area (Å²) in [4.78, 5) is 57.2. The number of ether oxygens (including phenoxy) is 1. The standard InChI is InChI=1S/C34H34BrCl2N3O6/c1-46-26-15-20(7-10-25(26)41)28-22-8-9-23-27(24(22)16-33(36)31(44)39(18-35)32(45)34(28,33)37)30(43)40(29(23)42)21-11-13-38(14-12-21)17-19-5-3-2-4-6-19/h2-8,10,15,21,23-24,27-28,41H,9,11-14,16-18H2,1H3. The maximum atomic E-state index is 14.4. The van der Waals surface area contributed by atoms with E-state index in [9.17, 15) is 24.3 Å². The van der Waals surface area contributed by atoms with Gasteiger partial charge in [-0.15, -0.1) is 23.2 Å². The number of phenolic OH excluding ortho intramolecular Hbond substituents is 1. The highest BCUT2D eigenvalue weighted by atomic mass is 79.9. The number of piperidine rings is 1. The van der Waals surface area contributed by atoms with Crippen molar-refractivity contribution in [2.75, 3.05) is 25.7 Å². The first kappa shape index (κ1) is 31.7. The van der Waals surface area contributed by atoms with E-state index in [2.05, 4.69) is 33.0 Å². The lowest BCUT2D eigenvalue weighted by molar-refractivity contribution is -0.144. The van der Waals surface area contributed by atoms with Crippen molar-refractivity contribution in [3.8, 4) is 11.5 Å². The first-order chi connectivity index (χ1) is 22.0. The van der Waals surface area contributed by atoms with Gasteiger partial charge in [-0.25, -0.2) is 0 Å². The highest BCUT2D eigenvalue weighted by molar-refractivity contribution is 9.09. The summed E-state index contributed by atoms with van der Waals surface area (Å²) in [5, 5.41) is 10.3. The van der Waals surface area contributed by atoms with Crippen LogP contribution in [-0.4, -0.2) is 84.9 Å². The Morgan fingerprint density at radius 1 is 0.978 bits per heavy atom. The summed E-state index contributed by atoms with van der Waals surface area (Å²) in [6, 6.07) is 14.7. The number of benzene rings is 2. The monoisotopic (exact) mass is 729 g/mol. The number of carbonyl (C=O) groups excluding carboxylic acids is 4. The van der Waals surface area contributed by atoms with Gasteiger partial charge in [0.2, 0.25) is 11.8 Å². The van der Waals surface area contributed by atoms with Crippen LogP contribution in [-0.2, 0) is 25.7 Å². The number of hydrogen-bond acceptors (Lipinski definition) is 7. The Hall–Kier alpha value is -2.92. The molecule has 6 atom stereocenters. The van der Waals surface area contributed by atoms with Crippen LogP contribution in [0, 0.1) is 17.8 Å². The number of hydrogen-bond donors (Lipinski definition) is 1. The van der Waals surface area contributed by atoms with Gasteiger partial charge in [-0.05, 0) is 54.9 Å². The molecule has 9 nitrogen and oxygen atoms in total. The van der Waals surface area contributed by atoms with Gasteiger partial charge in [0.1, 0.15) is 0 Å². The molecular weight excluding hydrogens is 697 g/mol. The first-order valence-corrected chi connectivity index (χ1v) is 17.4. The van der Waals surface area contributed by atoms with Gasteiger partial charge in [0.25, 0.3) is 11.8 Å². The SMILES string of the molecule is COc1cc(C2C3=CCC4C(=O)N(C5CCN(Cc6ccccc6)CC5)C(=O)C4C3CC3(Cl)C(=O)N(CBr)C(=O)C23Cl)ccc1O. The molecule has 46 heavy (non-hydrogen) atoms. The molecule has 2 aliphatic carbocycles. The van der Waals surface area contributed by atoms with Crippen LogP contribution in [0.1, 0.15) is 42.7 Å². The van der Waals surface area contributed by atoms with E-state index in [1.807, 2.05) is 24.3 Å². The molecule has 3 heterocycles. The number of phenols is 1. The van der Waals surface area contributed by atoms with Gasteiger partial charge in [0.15, 0.2) is 21.2 Å². The van der Waals surface area contributed by atoms with Crippen molar-refractivity contribution in [3.63, 3.8) is 0 Å². The fourth-order valence-electron chi connectivity index (χ4n) is 8.56. The number of imide groups is 2. The second-order valence-corrected chi connectivity index (χ2v) is 14.7. The van der Waals surface area contributed by atoms with Crippen molar-refractivity contribution >= 4 is 62.8 Å². The van der Waals surface area contributed by atoms with Gasteiger partial charge in [0.05, 0.1) is 24.4 Å². The number of halogens is 3. The quantitative estimate of drug-likeness (QED) is 0.198. The van der Waals surface area contributed by atoms with Crippen LogP contribution < -0.4 is 4.74 Å². The van der Waals surface area contributed by atoms with Crippen LogP contribution in [0.25, 0.3) is 0 Å². The third-order valence-corrected chi connectivity index (χ3v) is 12.7. The van der Waals surface area contributed by atoms with E-state index in [1.165, 1.54) is 23.6 Å². The molecule has 6 unspecified atom stereocenters. The van der Waals surface area contributed by atoms with Crippen LogP contribution in [0.5, 0.6) is 11.5 Å². The second-order valence-electron chi connectivity index (χ2n) is 13.0. The summed E-state index contributed by atoms with van der Waals surface area (Å²) < 4.78 is 5.37. The van der Waals surface area contributed by atoms with Gasteiger partial charge in [-0.1, -0.05) is 64.0 Å². The van der Waals surface area contributed by atoms with Crippen molar-refractivity contribution < 1.29 is 29.0 Å². The highest BCUT2D eigenvalue weighted by Crippen LogP contribution is 2.65. The Labute approximate surface area is 285 Å². The zero-order valence-corrected chi connectivity index (χ0v) is 28.3. The van der Waals surface area contributed by atoms with Gasteiger partial charge in [0, 0.05) is 31.6 Å². The molecule has 3 saturated heterocycles. The predicted molar refractivity (Wildman–Crippen MR) is 175 cm³/mol. The molecule has 0 radical (unpaired) electrons. The van der Waals surface area contributed by atoms with E-state index >= 15 is 0 Å². The molecule has 12 heteroatoms. The zero-order valence-electron chi connectivity index (χ0n) is 25.2. The fraction of sp³-hybridized carbons (Fsp3) is 0.471.